The fourth-order valence-electron chi connectivity index (χ4n) is 22.8. The molecule has 16 fully saturated rings. The molecule has 6 aromatic carbocycles. The minimum atomic E-state index is -4.47. The summed E-state index contributed by atoms with van der Waals surface area (Å²) in [6, 6.07) is 45.8. The standard InChI is InChI=1S/C39H33N5O6S7.C37H33N5O6S5/c1-34-28(45)42-26-18-21-12-8-9-15-23(21)36(26,19-38(42,30(47)40(34)3)55-32(51)53-34)37-20-39-31(48)41(4)35(2,54-33(52)56-39)29(46)43(39)27(37)44(25-17-11-10-16-24(25)37)57(49,50)22-13-6-5-7-14-22;1-32-28(43)40-26-18-21-12-8-9-15-23(21)34(26,19-36(40,51-49-32)30(45)38(32)3)35-20-37-31(46)39(4)33(2,50-52-37)29(44)41(37)27(35)42(25-17-11-10-16-24(25)35)53(47,48)22-13-6-5-7-14-22/h5-17,26-27H,18-20H2,1-4H3;5-17,26-27H,18-20H2,1-4H3/t26-,27-,34-,35-,36?,37?,38?,39?;26-,27-,32-,33-,34-,35-,36-,37-/m00/s1. The molecular weight excluding hydrogens is 1630 g/mol. The lowest BCUT2D eigenvalue weighted by molar-refractivity contribution is -0.164. The SMILES string of the molecule is CN1C(=O)C23CC4(C56CC78SC(=S)S[C@@](C)(C(=O)N7[C@H]5N(S(=O)(=O)c5ccccc5)c5ccccc56)N(C)C8=O)c5ccccc5C[C@@H]4N2C(=O)[C@]1(C)SC(=S)S3.CN1C(=O)[C@@]23C[C@]4([C@]56C[C@@]78SS[C@@](C)(C(=O)N7[C@H]5N(S(=O)(=O)c5ccccc5)c5ccccc56)N(C)C8=O)c5ccccc5C[C@@H]4N2C(=O)[C@]1(C)SS3. The number of anilines is 2. The van der Waals surface area contributed by atoms with Crippen LogP contribution in [0.3, 0.4) is 0 Å². The molecule has 4 unspecified atom stereocenters. The Labute approximate surface area is 677 Å². The van der Waals surface area contributed by atoms with E-state index in [2.05, 4.69) is 12.1 Å². The van der Waals surface area contributed by atoms with E-state index in [1.165, 1.54) is 102 Å². The maximum atomic E-state index is 15.6. The molecule has 8 amide bonds. The zero-order valence-corrected chi connectivity index (χ0v) is 69.6. The predicted molar refractivity (Wildman–Crippen MR) is 435 cm³/mol. The third kappa shape index (κ3) is 7.52. The fourth-order valence-corrected chi connectivity index (χ4v) is 40.8. The Balaban J connectivity index is 0.000000140. The number of para-hydroxylation sites is 2. The first-order chi connectivity index (χ1) is 52.2. The van der Waals surface area contributed by atoms with Gasteiger partial charge in [-0.2, -0.15) is 0 Å². The summed E-state index contributed by atoms with van der Waals surface area (Å²) >= 11 is 16.6. The highest BCUT2D eigenvalue weighted by molar-refractivity contribution is 8.78. The van der Waals surface area contributed by atoms with Gasteiger partial charge < -0.3 is 29.4 Å². The second-order valence-corrected chi connectivity index (χ2v) is 48.8. The van der Waals surface area contributed by atoms with Crippen molar-refractivity contribution in [2.24, 2.45) is 0 Å². The molecule has 8 bridgehead atoms. The van der Waals surface area contributed by atoms with E-state index in [1.54, 1.807) is 148 Å². The number of thiocarbonyl (C=S) groups is 2. The minimum absolute atomic E-state index is 0.0208. The van der Waals surface area contributed by atoms with Crippen molar-refractivity contribution < 1.29 is 55.2 Å². The number of fused-ring (bicyclic) bond motifs is 24. The van der Waals surface area contributed by atoms with Crippen molar-refractivity contribution in [3.8, 4) is 0 Å². The van der Waals surface area contributed by atoms with Crippen molar-refractivity contribution in [2.45, 2.75) is 161 Å². The third-order valence-corrected chi connectivity index (χ3v) is 44.8. The molecule has 22 nitrogen and oxygen atoms in total. The summed E-state index contributed by atoms with van der Waals surface area (Å²) in [6.07, 6.45) is -1.39. The first kappa shape index (κ1) is 71.3. The van der Waals surface area contributed by atoms with Gasteiger partial charge in [0.1, 0.15) is 19.4 Å². The van der Waals surface area contributed by atoms with Gasteiger partial charge in [0.25, 0.3) is 67.3 Å². The summed E-state index contributed by atoms with van der Waals surface area (Å²) < 4.78 is 65.4. The monoisotopic (exact) mass is 1690 g/mol. The van der Waals surface area contributed by atoms with Gasteiger partial charge in [-0.05, 0) is 110 Å². The Morgan fingerprint density at radius 1 is 0.336 bits per heavy atom. The van der Waals surface area contributed by atoms with Crippen LogP contribution in [-0.2, 0) is 92.9 Å². The number of carbonyl (C=O) groups is 8. The second-order valence-electron chi connectivity index (χ2n) is 31.8. The van der Waals surface area contributed by atoms with Crippen molar-refractivity contribution in [1.29, 1.82) is 0 Å². The van der Waals surface area contributed by atoms with E-state index in [1.807, 2.05) is 65.6 Å². The second kappa shape index (κ2) is 21.9. The van der Waals surface area contributed by atoms with Crippen molar-refractivity contribution in [1.82, 2.24) is 39.2 Å². The number of benzene rings is 6. The number of thioether (sulfide) groups is 4. The number of piperazine rings is 4. The van der Waals surface area contributed by atoms with Crippen LogP contribution in [0.15, 0.2) is 168 Å². The van der Waals surface area contributed by atoms with Gasteiger partial charge >= 0.3 is 0 Å². The number of nitrogens with zero attached hydrogens (tertiary/aromatic N) is 10. The van der Waals surface area contributed by atoms with E-state index in [-0.39, 0.29) is 76.8 Å². The fraction of sp³-hybridized carbons (Fsp3) is 0.395. The highest BCUT2D eigenvalue weighted by Gasteiger charge is 2.91. The molecule has 110 heavy (non-hydrogen) atoms. The average Bonchev–Trinajstić information content (AvgIpc) is 1.45. The molecule has 34 heteroatoms. The van der Waals surface area contributed by atoms with E-state index in [9.17, 15) is 14.4 Å². The lowest BCUT2D eigenvalue weighted by atomic mass is 9.53. The van der Waals surface area contributed by atoms with E-state index >= 15 is 40.8 Å². The predicted octanol–water partition coefficient (Wildman–Crippen LogP) is 9.43. The van der Waals surface area contributed by atoms with Crippen molar-refractivity contribution in [3.05, 3.63) is 191 Å². The highest BCUT2D eigenvalue weighted by atomic mass is 33.1. The summed E-state index contributed by atoms with van der Waals surface area (Å²) in [6.45, 7) is 6.94. The first-order valence-corrected chi connectivity index (χ1v) is 47.0. The maximum absolute atomic E-state index is 15.6. The summed E-state index contributed by atoms with van der Waals surface area (Å²) in [5.74, 6) is -2.24. The number of sulfonamides is 2. The minimum Gasteiger partial charge on any atom is -0.320 e. The number of likely N-dealkylation sites (N-methyl/N-ethyl adjacent to an activating group) is 4. The molecule has 16 atom stereocenters. The maximum Gasteiger partial charge on any atom is 0.266 e. The van der Waals surface area contributed by atoms with Crippen molar-refractivity contribution >= 4 is 200 Å². The number of rotatable bonds is 6. The Morgan fingerprint density at radius 2 is 0.636 bits per heavy atom. The molecular formula is C76H66N10O12S12. The molecule has 4 spiro atoms. The van der Waals surface area contributed by atoms with Gasteiger partial charge in [0.05, 0.1) is 32.0 Å². The van der Waals surface area contributed by atoms with Crippen LogP contribution in [0.2, 0.25) is 0 Å². The highest BCUT2D eigenvalue weighted by Crippen LogP contribution is 2.82. The van der Waals surface area contributed by atoms with Crippen LogP contribution < -0.4 is 8.61 Å². The number of hydrogen-bond donors (Lipinski definition) is 0. The molecule has 18 heterocycles. The Bertz CT molecular complexity index is 5710. The average molecular weight is 1700 g/mol. The van der Waals surface area contributed by atoms with Crippen LogP contribution in [0.4, 0.5) is 11.4 Å². The normalized spacial score (nSPS) is 39.3. The van der Waals surface area contributed by atoms with Crippen LogP contribution in [0, 0.1) is 0 Å². The Morgan fingerprint density at radius 3 is 1.08 bits per heavy atom. The van der Waals surface area contributed by atoms with Crippen molar-refractivity contribution in [3.63, 3.8) is 0 Å². The van der Waals surface area contributed by atoms with Crippen LogP contribution in [0.1, 0.15) is 86.8 Å². The molecule has 2 aliphatic carbocycles. The van der Waals surface area contributed by atoms with E-state index in [4.69, 9.17) is 24.4 Å². The summed E-state index contributed by atoms with van der Waals surface area (Å²) in [7, 11) is 3.26. The van der Waals surface area contributed by atoms with Crippen LogP contribution >= 0.6 is 115 Å². The van der Waals surface area contributed by atoms with Gasteiger partial charge in [-0.1, -0.05) is 236 Å². The Hall–Kier alpha value is -6.44. The molecule has 0 radical (unpaired) electrons. The van der Waals surface area contributed by atoms with Gasteiger partial charge in [0.2, 0.25) is 0 Å². The van der Waals surface area contributed by atoms with E-state index in [0.717, 1.165) is 45.8 Å². The third-order valence-electron chi connectivity index (χ3n) is 27.8. The zero-order valence-electron chi connectivity index (χ0n) is 59.8. The van der Waals surface area contributed by atoms with Gasteiger partial charge in [-0.3, -0.25) is 48.2 Å². The molecule has 0 saturated carbocycles. The van der Waals surface area contributed by atoms with Crippen LogP contribution in [-0.4, -0.2) is 202 Å². The molecule has 26 rings (SSSR count). The largest absolute Gasteiger partial charge is 0.320 e. The topological polar surface area (TPSA) is 237 Å². The number of hydrogen-bond acceptors (Lipinski definition) is 22. The quantitative estimate of drug-likeness (QED) is 0.111. The molecule has 0 N–H and O–H groups in total. The number of amides is 8. The van der Waals surface area contributed by atoms with Gasteiger partial charge in [-0.25, -0.2) is 25.4 Å². The Kier molecular flexibility index (Phi) is 14.2. The molecule has 18 aliphatic heterocycles. The summed E-state index contributed by atoms with van der Waals surface area (Å²) in [4.78, 5) is 123. The lowest BCUT2D eigenvalue weighted by Gasteiger charge is -2.58. The number of carbonyl (C=O) groups excluding carboxylic acids is 8. The van der Waals surface area contributed by atoms with Gasteiger partial charge in [0.15, 0.2) is 39.0 Å². The van der Waals surface area contributed by atoms with Gasteiger partial charge in [0, 0.05) is 76.8 Å². The van der Waals surface area contributed by atoms with Gasteiger partial charge in [-0.15, -0.1) is 0 Å². The first-order valence-electron chi connectivity index (χ1n) is 35.8. The molecule has 6 aromatic rings. The molecule has 0 aromatic heterocycles. The summed E-state index contributed by atoms with van der Waals surface area (Å²) in [5, 5.41) is 0. The van der Waals surface area contributed by atoms with Crippen LogP contribution in [0.5, 0.6) is 0 Å². The smallest absolute Gasteiger partial charge is 0.266 e. The molecule has 16 saturated heterocycles. The zero-order chi connectivity index (χ0) is 76.9. The van der Waals surface area contributed by atoms with E-state index in [0.29, 0.717) is 42.4 Å². The van der Waals surface area contributed by atoms with Crippen LogP contribution in [0.25, 0.3) is 0 Å². The van der Waals surface area contributed by atoms with Crippen molar-refractivity contribution in [2.75, 3.05) is 36.8 Å². The lowest BCUT2D eigenvalue weighted by Crippen LogP contribution is -2.76. The summed E-state index contributed by atoms with van der Waals surface area (Å²) in [5.41, 5.74) is 0.843. The molecule has 564 valence electrons. The van der Waals surface area contributed by atoms with E-state index < -0.39 is 111 Å². The molecule has 20 aliphatic rings.